The molecule has 0 spiro atoms. The van der Waals surface area contributed by atoms with Crippen molar-refractivity contribution in [3.8, 4) is 5.75 Å². The monoisotopic (exact) mass is 282 g/mol. The van der Waals surface area contributed by atoms with Gasteiger partial charge in [0.2, 0.25) is 0 Å². The van der Waals surface area contributed by atoms with Crippen molar-refractivity contribution in [2.75, 3.05) is 20.3 Å². The first-order chi connectivity index (χ1) is 9.33. The van der Waals surface area contributed by atoms with E-state index in [1.165, 1.54) is 6.07 Å². The summed E-state index contributed by atoms with van der Waals surface area (Å²) in [6, 6.07) is 4.87. The first-order valence-corrected chi connectivity index (χ1v) is 6.52. The van der Waals surface area contributed by atoms with Crippen molar-refractivity contribution in [3.63, 3.8) is 0 Å². The van der Waals surface area contributed by atoms with Gasteiger partial charge in [0.05, 0.1) is 17.1 Å². The molecular weight excluding hydrogens is 260 g/mol. The molecular formula is C14H22N2O4. The van der Waals surface area contributed by atoms with Gasteiger partial charge < -0.3 is 14.8 Å². The minimum Gasteiger partial charge on any atom is -0.484 e. The van der Waals surface area contributed by atoms with Gasteiger partial charge in [-0.25, -0.2) is 0 Å². The average Bonchev–Trinajstić information content (AvgIpc) is 2.34. The molecule has 1 aromatic carbocycles. The van der Waals surface area contributed by atoms with E-state index in [1.54, 1.807) is 12.1 Å². The molecule has 0 saturated carbocycles. The van der Waals surface area contributed by atoms with E-state index < -0.39 is 4.92 Å². The van der Waals surface area contributed by atoms with Crippen LogP contribution in [0.4, 0.5) is 5.69 Å². The highest BCUT2D eigenvalue weighted by Crippen LogP contribution is 2.28. The smallest absolute Gasteiger partial charge is 0.310 e. The third-order valence-electron chi connectivity index (χ3n) is 2.48. The van der Waals surface area contributed by atoms with Crippen molar-refractivity contribution >= 4 is 5.69 Å². The van der Waals surface area contributed by atoms with Crippen molar-refractivity contribution in [3.05, 3.63) is 33.9 Å². The summed E-state index contributed by atoms with van der Waals surface area (Å²) in [7, 11) is 1.82. The summed E-state index contributed by atoms with van der Waals surface area (Å²) in [5.41, 5.74) is 0.661. The number of hydrogen-bond acceptors (Lipinski definition) is 5. The van der Waals surface area contributed by atoms with Crippen LogP contribution in [-0.4, -0.2) is 30.8 Å². The first-order valence-electron chi connectivity index (χ1n) is 6.52. The highest BCUT2D eigenvalue weighted by molar-refractivity contribution is 5.48. The van der Waals surface area contributed by atoms with E-state index in [1.807, 2.05) is 27.8 Å². The predicted octanol–water partition coefficient (Wildman–Crippen LogP) is 2.51. The van der Waals surface area contributed by atoms with E-state index in [2.05, 4.69) is 5.32 Å². The fourth-order valence-corrected chi connectivity index (χ4v) is 1.64. The van der Waals surface area contributed by atoms with Gasteiger partial charge in [0, 0.05) is 12.6 Å². The van der Waals surface area contributed by atoms with Gasteiger partial charge in [-0.3, -0.25) is 10.1 Å². The van der Waals surface area contributed by atoms with Crippen molar-refractivity contribution in [1.29, 1.82) is 0 Å². The molecule has 6 nitrogen and oxygen atoms in total. The molecule has 0 unspecified atom stereocenters. The summed E-state index contributed by atoms with van der Waals surface area (Å²) in [6.07, 6.45) is 0. The van der Waals surface area contributed by atoms with Gasteiger partial charge in [-0.15, -0.1) is 0 Å². The molecule has 20 heavy (non-hydrogen) atoms. The van der Waals surface area contributed by atoms with E-state index in [9.17, 15) is 10.1 Å². The third kappa shape index (κ3) is 5.54. The van der Waals surface area contributed by atoms with Crippen molar-refractivity contribution in [2.24, 2.45) is 0 Å². The standard InChI is InChI=1S/C14H22N2O4/c1-14(2,3)20-8-7-19-13-9-11(10-15-4)5-6-12(13)16(17)18/h5-6,9,15H,7-8,10H2,1-4H3. The number of nitrogens with zero attached hydrogens (tertiary/aromatic N) is 1. The summed E-state index contributed by atoms with van der Waals surface area (Å²) >= 11 is 0. The Balaban J connectivity index is 2.70. The molecule has 6 heteroatoms. The number of nitro groups is 1. The minimum absolute atomic E-state index is 0.0272. The highest BCUT2D eigenvalue weighted by atomic mass is 16.6. The van der Waals surface area contributed by atoms with E-state index in [0.29, 0.717) is 13.2 Å². The van der Waals surface area contributed by atoms with Gasteiger partial charge in [0.15, 0.2) is 5.75 Å². The summed E-state index contributed by atoms with van der Waals surface area (Å²) < 4.78 is 11.0. The maximum absolute atomic E-state index is 11.0. The zero-order valence-electron chi connectivity index (χ0n) is 12.4. The Morgan fingerprint density at radius 1 is 1.30 bits per heavy atom. The Morgan fingerprint density at radius 2 is 2.00 bits per heavy atom. The second-order valence-corrected chi connectivity index (χ2v) is 5.40. The number of nitro benzene ring substituents is 1. The molecule has 0 radical (unpaired) electrons. The molecule has 1 N–H and O–H groups in total. The van der Waals surface area contributed by atoms with Crippen LogP contribution in [0, 0.1) is 10.1 Å². The molecule has 1 aromatic rings. The second kappa shape index (κ2) is 7.21. The molecule has 0 aliphatic rings. The molecule has 0 saturated heterocycles. The molecule has 0 amide bonds. The minimum atomic E-state index is -0.441. The van der Waals surface area contributed by atoms with Gasteiger partial charge in [-0.1, -0.05) is 6.07 Å². The number of ether oxygens (including phenoxy) is 2. The molecule has 0 aliphatic heterocycles. The Hall–Kier alpha value is -1.66. The molecule has 0 bridgehead atoms. The lowest BCUT2D eigenvalue weighted by Crippen LogP contribution is -2.22. The molecule has 0 fully saturated rings. The van der Waals surface area contributed by atoms with Gasteiger partial charge in [-0.2, -0.15) is 0 Å². The molecule has 0 atom stereocenters. The maximum atomic E-state index is 11.0. The van der Waals surface area contributed by atoms with Crippen LogP contribution in [0.3, 0.4) is 0 Å². The molecule has 0 aliphatic carbocycles. The Morgan fingerprint density at radius 3 is 2.55 bits per heavy atom. The van der Waals surface area contributed by atoms with Crippen molar-refractivity contribution in [2.45, 2.75) is 32.9 Å². The number of rotatable bonds is 7. The van der Waals surface area contributed by atoms with E-state index in [4.69, 9.17) is 9.47 Å². The van der Waals surface area contributed by atoms with Gasteiger partial charge in [0.25, 0.3) is 0 Å². The zero-order chi connectivity index (χ0) is 15.2. The fourth-order valence-electron chi connectivity index (χ4n) is 1.64. The maximum Gasteiger partial charge on any atom is 0.310 e. The number of nitrogens with one attached hydrogen (secondary N) is 1. The predicted molar refractivity (Wildman–Crippen MR) is 77.1 cm³/mol. The van der Waals surface area contributed by atoms with Crippen LogP contribution >= 0.6 is 0 Å². The van der Waals surface area contributed by atoms with Crippen LogP contribution in [0.2, 0.25) is 0 Å². The lowest BCUT2D eigenvalue weighted by Gasteiger charge is -2.19. The van der Waals surface area contributed by atoms with Crippen LogP contribution in [0.15, 0.2) is 18.2 Å². The SMILES string of the molecule is CNCc1ccc([N+](=O)[O-])c(OCCOC(C)(C)C)c1. The van der Waals surface area contributed by atoms with Crippen LogP contribution in [0.25, 0.3) is 0 Å². The Labute approximate surface area is 119 Å². The summed E-state index contributed by atoms with van der Waals surface area (Å²) in [4.78, 5) is 10.5. The van der Waals surface area contributed by atoms with Crippen LogP contribution < -0.4 is 10.1 Å². The first kappa shape index (κ1) is 16.4. The van der Waals surface area contributed by atoms with Gasteiger partial charge in [-0.05, 0) is 39.4 Å². The van der Waals surface area contributed by atoms with Gasteiger partial charge >= 0.3 is 5.69 Å². The molecule has 1 rings (SSSR count). The molecule has 0 heterocycles. The van der Waals surface area contributed by atoms with Crippen LogP contribution in [0.5, 0.6) is 5.75 Å². The summed E-state index contributed by atoms with van der Waals surface area (Å²) in [5.74, 6) is 0.278. The Kier molecular flexibility index (Phi) is 5.91. The highest BCUT2D eigenvalue weighted by Gasteiger charge is 2.16. The van der Waals surface area contributed by atoms with E-state index in [-0.39, 0.29) is 23.6 Å². The third-order valence-corrected chi connectivity index (χ3v) is 2.48. The lowest BCUT2D eigenvalue weighted by atomic mass is 10.2. The topological polar surface area (TPSA) is 73.6 Å². The fraction of sp³-hybridized carbons (Fsp3) is 0.571. The zero-order valence-corrected chi connectivity index (χ0v) is 12.4. The molecule has 0 aromatic heterocycles. The number of benzene rings is 1. The lowest BCUT2D eigenvalue weighted by molar-refractivity contribution is -0.385. The molecule has 112 valence electrons. The van der Waals surface area contributed by atoms with Crippen LogP contribution in [0.1, 0.15) is 26.3 Å². The van der Waals surface area contributed by atoms with Crippen molar-refractivity contribution < 1.29 is 14.4 Å². The Bertz CT molecular complexity index is 455. The van der Waals surface area contributed by atoms with Gasteiger partial charge in [0.1, 0.15) is 6.61 Å². The van der Waals surface area contributed by atoms with Crippen LogP contribution in [-0.2, 0) is 11.3 Å². The largest absolute Gasteiger partial charge is 0.484 e. The summed E-state index contributed by atoms with van der Waals surface area (Å²) in [5, 5.41) is 14.0. The van der Waals surface area contributed by atoms with E-state index in [0.717, 1.165) is 5.56 Å². The summed E-state index contributed by atoms with van der Waals surface area (Å²) in [6.45, 7) is 7.14. The quantitative estimate of drug-likeness (QED) is 0.472. The normalized spacial score (nSPS) is 11.4. The van der Waals surface area contributed by atoms with E-state index >= 15 is 0 Å². The van der Waals surface area contributed by atoms with Crippen molar-refractivity contribution in [1.82, 2.24) is 5.32 Å². The second-order valence-electron chi connectivity index (χ2n) is 5.40. The number of hydrogen-bond donors (Lipinski definition) is 1. The average molecular weight is 282 g/mol.